The van der Waals surface area contributed by atoms with Gasteiger partial charge in [0.15, 0.2) is 17.3 Å². The van der Waals surface area contributed by atoms with Crippen LogP contribution in [-0.2, 0) is 0 Å². The second-order valence-corrected chi connectivity index (χ2v) is 6.53. The van der Waals surface area contributed by atoms with Crippen molar-refractivity contribution in [3.63, 3.8) is 0 Å². The van der Waals surface area contributed by atoms with E-state index in [-0.39, 0.29) is 51.6 Å². The second-order valence-electron chi connectivity index (χ2n) is 6.53. The van der Waals surface area contributed by atoms with Gasteiger partial charge in [0.05, 0.1) is 27.2 Å². The van der Waals surface area contributed by atoms with Crippen molar-refractivity contribution in [1.29, 1.82) is 0 Å². The Morgan fingerprint density at radius 3 is 2.07 bits per heavy atom. The Morgan fingerprint density at radius 2 is 1.52 bits per heavy atom. The highest BCUT2D eigenvalue weighted by molar-refractivity contribution is 6.06. The minimum atomic E-state index is -0.689. The van der Waals surface area contributed by atoms with Crippen LogP contribution in [0.4, 0.5) is 0 Å². The number of hydrogen-bond donors (Lipinski definition) is 3. The summed E-state index contributed by atoms with van der Waals surface area (Å²) in [7, 11) is 4.11. The SMILES string of the molecule is COc1c(O)c2c(c(OC)c1OC)O[C@@H](C=Cc1cc(O)cc(O)c1)[C@@H](C)C2=O. The summed E-state index contributed by atoms with van der Waals surface area (Å²) in [5.41, 5.74) is 0.491. The standard InChI is InChI=1S/C21H22O8/c1-10-14(6-5-11-7-12(22)9-13(23)8-11)29-18-15(16(10)24)17(25)19(26-2)21(28-4)20(18)27-3/h5-10,14,22-23,25H,1-4H3/t10-,14+/m1/s1. The first-order chi connectivity index (χ1) is 13.8. The average molecular weight is 402 g/mol. The van der Waals surface area contributed by atoms with Gasteiger partial charge in [-0.3, -0.25) is 4.79 Å². The molecular formula is C21H22O8. The number of fused-ring (bicyclic) bond motifs is 1. The topological polar surface area (TPSA) is 115 Å². The minimum Gasteiger partial charge on any atom is -0.508 e. The number of carbonyl (C=O) groups excluding carboxylic acids is 1. The van der Waals surface area contributed by atoms with Crippen LogP contribution >= 0.6 is 0 Å². The molecule has 0 radical (unpaired) electrons. The van der Waals surface area contributed by atoms with Gasteiger partial charge < -0.3 is 34.3 Å². The summed E-state index contributed by atoms with van der Waals surface area (Å²) in [4.78, 5) is 13.0. The maximum Gasteiger partial charge on any atom is 0.211 e. The molecule has 1 aliphatic heterocycles. The van der Waals surface area contributed by atoms with Gasteiger partial charge >= 0.3 is 0 Å². The molecule has 0 spiro atoms. The molecule has 0 unspecified atom stereocenters. The van der Waals surface area contributed by atoms with Crippen molar-refractivity contribution in [2.45, 2.75) is 13.0 Å². The molecule has 0 aliphatic carbocycles. The lowest BCUT2D eigenvalue weighted by atomic mass is 9.89. The van der Waals surface area contributed by atoms with Crippen LogP contribution in [0.25, 0.3) is 6.08 Å². The fourth-order valence-electron chi connectivity index (χ4n) is 3.29. The van der Waals surface area contributed by atoms with Crippen LogP contribution in [0, 0.1) is 5.92 Å². The van der Waals surface area contributed by atoms with Crippen molar-refractivity contribution >= 4 is 11.9 Å². The molecule has 0 fully saturated rings. The lowest BCUT2D eigenvalue weighted by Crippen LogP contribution is -2.34. The molecule has 0 amide bonds. The van der Waals surface area contributed by atoms with E-state index in [1.165, 1.54) is 39.5 Å². The summed E-state index contributed by atoms with van der Waals surface area (Å²) in [6.45, 7) is 1.67. The molecule has 2 aromatic carbocycles. The molecule has 154 valence electrons. The van der Waals surface area contributed by atoms with E-state index in [0.717, 1.165) is 0 Å². The van der Waals surface area contributed by atoms with Gasteiger partial charge in [-0.05, 0) is 23.8 Å². The fourth-order valence-corrected chi connectivity index (χ4v) is 3.29. The van der Waals surface area contributed by atoms with E-state index in [4.69, 9.17) is 18.9 Å². The van der Waals surface area contributed by atoms with Gasteiger partial charge in [0.2, 0.25) is 17.2 Å². The van der Waals surface area contributed by atoms with Crippen molar-refractivity contribution in [3.8, 4) is 40.2 Å². The summed E-state index contributed by atoms with van der Waals surface area (Å²) in [6, 6.07) is 4.13. The van der Waals surface area contributed by atoms with E-state index in [2.05, 4.69) is 0 Å². The van der Waals surface area contributed by atoms with Gasteiger partial charge in [-0.1, -0.05) is 13.0 Å². The second kappa shape index (κ2) is 7.83. The molecule has 3 N–H and O–H groups in total. The maximum atomic E-state index is 13.0. The Labute approximate surface area is 167 Å². The third-order valence-electron chi connectivity index (χ3n) is 4.72. The lowest BCUT2D eigenvalue weighted by Gasteiger charge is -2.31. The molecule has 2 aromatic rings. The number of benzene rings is 2. The van der Waals surface area contributed by atoms with Crippen LogP contribution < -0.4 is 18.9 Å². The number of phenolic OH excluding ortho intramolecular Hbond substituents is 3. The smallest absolute Gasteiger partial charge is 0.211 e. The van der Waals surface area contributed by atoms with Gasteiger partial charge in [0.1, 0.15) is 23.2 Å². The summed E-state index contributed by atoms with van der Waals surface area (Å²) < 4.78 is 21.8. The van der Waals surface area contributed by atoms with Crippen LogP contribution in [0.1, 0.15) is 22.8 Å². The van der Waals surface area contributed by atoms with Crippen LogP contribution in [0.2, 0.25) is 0 Å². The monoisotopic (exact) mass is 402 g/mol. The molecular weight excluding hydrogens is 380 g/mol. The van der Waals surface area contributed by atoms with E-state index in [9.17, 15) is 20.1 Å². The number of hydrogen-bond acceptors (Lipinski definition) is 8. The normalized spacial score (nSPS) is 18.3. The molecule has 0 saturated carbocycles. The van der Waals surface area contributed by atoms with E-state index in [0.29, 0.717) is 5.56 Å². The van der Waals surface area contributed by atoms with Gasteiger partial charge in [0.25, 0.3) is 0 Å². The number of ether oxygens (including phenoxy) is 4. The number of carbonyl (C=O) groups is 1. The van der Waals surface area contributed by atoms with Crippen LogP contribution in [-0.4, -0.2) is 48.5 Å². The molecule has 0 aromatic heterocycles. The Balaban J connectivity index is 2.07. The van der Waals surface area contributed by atoms with Gasteiger partial charge in [-0.2, -0.15) is 0 Å². The van der Waals surface area contributed by atoms with Gasteiger partial charge in [0, 0.05) is 6.07 Å². The lowest BCUT2D eigenvalue weighted by molar-refractivity contribution is 0.0758. The Kier molecular flexibility index (Phi) is 5.45. The van der Waals surface area contributed by atoms with E-state index in [1.807, 2.05) is 0 Å². The van der Waals surface area contributed by atoms with Crippen molar-refractivity contribution < 1.29 is 39.1 Å². The molecule has 0 saturated heterocycles. The molecule has 3 rings (SSSR count). The predicted molar refractivity (Wildman–Crippen MR) is 104 cm³/mol. The van der Waals surface area contributed by atoms with E-state index < -0.39 is 12.0 Å². The predicted octanol–water partition coefficient (Wildman–Crippen LogP) is 3.12. The highest BCUT2D eigenvalue weighted by atomic mass is 16.6. The number of ketones is 1. The largest absolute Gasteiger partial charge is 0.508 e. The van der Waals surface area contributed by atoms with Crippen LogP contribution in [0.15, 0.2) is 24.3 Å². The van der Waals surface area contributed by atoms with E-state index in [1.54, 1.807) is 19.1 Å². The number of rotatable bonds is 5. The van der Waals surface area contributed by atoms with E-state index >= 15 is 0 Å². The molecule has 1 aliphatic rings. The highest BCUT2D eigenvalue weighted by Crippen LogP contribution is 2.55. The molecule has 0 bridgehead atoms. The first kappa shape index (κ1) is 20.2. The van der Waals surface area contributed by atoms with Crippen molar-refractivity contribution in [1.82, 2.24) is 0 Å². The molecule has 29 heavy (non-hydrogen) atoms. The maximum absolute atomic E-state index is 13.0. The number of Topliss-reactive ketones (excluding diaryl/α,β-unsaturated/α-hetero) is 1. The van der Waals surface area contributed by atoms with Gasteiger partial charge in [-0.15, -0.1) is 0 Å². The summed E-state index contributed by atoms with van der Waals surface area (Å²) >= 11 is 0. The Hall–Kier alpha value is -3.55. The minimum absolute atomic E-state index is 0.0171. The highest BCUT2D eigenvalue weighted by Gasteiger charge is 2.40. The van der Waals surface area contributed by atoms with Crippen molar-refractivity contribution in [2.24, 2.45) is 5.92 Å². The number of aromatic hydroxyl groups is 3. The van der Waals surface area contributed by atoms with Crippen molar-refractivity contribution in [3.05, 3.63) is 35.4 Å². The number of methoxy groups -OCH3 is 3. The molecule has 1 heterocycles. The Morgan fingerprint density at radius 1 is 0.931 bits per heavy atom. The molecule has 8 nitrogen and oxygen atoms in total. The fraction of sp³-hybridized carbons (Fsp3) is 0.286. The third kappa shape index (κ3) is 3.49. The zero-order valence-electron chi connectivity index (χ0n) is 16.4. The third-order valence-corrected chi connectivity index (χ3v) is 4.72. The first-order valence-electron chi connectivity index (χ1n) is 8.79. The zero-order chi connectivity index (χ0) is 21.3. The number of phenols is 3. The molecule has 8 heteroatoms. The quantitative estimate of drug-likeness (QED) is 0.699. The van der Waals surface area contributed by atoms with Crippen LogP contribution in [0.3, 0.4) is 0 Å². The Bertz CT molecular complexity index is 959. The summed E-state index contributed by atoms with van der Waals surface area (Å²) in [5.74, 6) is -1.26. The zero-order valence-corrected chi connectivity index (χ0v) is 16.4. The van der Waals surface area contributed by atoms with Crippen molar-refractivity contribution in [2.75, 3.05) is 21.3 Å². The van der Waals surface area contributed by atoms with Crippen LogP contribution in [0.5, 0.6) is 40.2 Å². The summed E-state index contributed by atoms with van der Waals surface area (Å²) in [6.07, 6.45) is 2.56. The first-order valence-corrected chi connectivity index (χ1v) is 8.79. The molecule has 2 atom stereocenters. The summed E-state index contributed by atoms with van der Waals surface area (Å²) in [5, 5.41) is 29.8. The average Bonchev–Trinajstić information content (AvgIpc) is 2.68. The van der Waals surface area contributed by atoms with Gasteiger partial charge in [-0.25, -0.2) is 0 Å².